The molecule has 4 nitrogen and oxygen atoms in total. The topological polar surface area (TPSA) is 49.4 Å². The molecular weight excluding hydrogens is 324 g/mol. The third-order valence-electron chi connectivity index (χ3n) is 4.70. The molecule has 1 aliphatic rings. The van der Waals surface area contributed by atoms with Gasteiger partial charge in [-0.1, -0.05) is 55.5 Å². The summed E-state index contributed by atoms with van der Waals surface area (Å²) in [5.74, 6) is 0.246. The van der Waals surface area contributed by atoms with Crippen molar-refractivity contribution >= 4 is 17.9 Å². The maximum absolute atomic E-state index is 13.0. The van der Waals surface area contributed by atoms with Crippen molar-refractivity contribution in [1.82, 2.24) is 10.2 Å². The third kappa shape index (κ3) is 4.60. The molecule has 134 valence electrons. The maximum atomic E-state index is 13.0. The second-order valence-electron chi connectivity index (χ2n) is 6.76. The molecule has 1 fully saturated rings. The van der Waals surface area contributed by atoms with Crippen molar-refractivity contribution in [2.75, 3.05) is 13.1 Å². The molecule has 2 amide bonds. The predicted octanol–water partition coefficient (Wildman–Crippen LogP) is 3.72. The van der Waals surface area contributed by atoms with E-state index in [4.69, 9.17) is 0 Å². The smallest absolute Gasteiger partial charge is 0.270 e. The van der Waals surface area contributed by atoms with Gasteiger partial charge in [-0.15, -0.1) is 0 Å². The zero-order valence-electron chi connectivity index (χ0n) is 15.0. The van der Waals surface area contributed by atoms with Gasteiger partial charge in [0.2, 0.25) is 0 Å². The molecule has 0 radical (unpaired) electrons. The number of amides is 2. The molecule has 1 saturated heterocycles. The molecular formula is C22H24N2O2. The molecule has 0 saturated carbocycles. The minimum Gasteiger partial charge on any atom is -0.337 e. The van der Waals surface area contributed by atoms with Crippen LogP contribution in [0.3, 0.4) is 0 Å². The summed E-state index contributed by atoms with van der Waals surface area (Å²) >= 11 is 0. The first-order valence-electron chi connectivity index (χ1n) is 9.06. The van der Waals surface area contributed by atoms with Crippen molar-refractivity contribution in [2.24, 2.45) is 5.92 Å². The van der Waals surface area contributed by atoms with E-state index in [-0.39, 0.29) is 11.8 Å². The van der Waals surface area contributed by atoms with Crippen molar-refractivity contribution in [1.29, 1.82) is 0 Å². The van der Waals surface area contributed by atoms with E-state index in [1.165, 1.54) is 0 Å². The lowest BCUT2D eigenvalue weighted by molar-refractivity contribution is -0.128. The molecule has 0 bridgehead atoms. The van der Waals surface area contributed by atoms with Crippen LogP contribution in [0.15, 0.2) is 66.4 Å². The Morgan fingerprint density at radius 2 is 1.54 bits per heavy atom. The van der Waals surface area contributed by atoms with E-state index in [1.54, 1.807) is 18.2 Å². The Hall–Kier alpha value is -2.88. The minimum absolute atomic E-state index is 0.120. The number of rotatable bonds is 4. The fourth-order valence-corrected chi connectivity index (χ4v) is 3.03. The van der Waals surface area contributed by atoms with Crippen LogP contribution in [0.5, 0.6) is 0 Å². The second kappa shape index (κ2) is 8.48. The zero-order valence-corrected chi connectivity index (χ0v) is 15.0. The number of benzene rings is 2. The van der Waals surface area contributed by atoms with E-state index in [1.807, 2.05) is 53.4 Å². The van der Waals surface area contributed by atoms with Gasteiger partial charge in [-0.3, -0.25) is 9.59 Å². The van der Waals surface area contributed by atoms with Crippen molar-refractivity contribution in [3.63, 3.8) is 0 Å². The van der Waals surface area contributed by atoms with Gasteiger partial charge in [0.1, 0.15) is 5.70 Å². The molecule has 2 aromatic rings. The molecule has 1 heterocycles. The summed E-state index contributed by atoms with van der Waals surface area (Å²) in [5, 5.41) is 2.82. The van der Waals surface area contributed by atoms with Gasteiger partial charge >= 0.3 is 0 Å². The van der Waals surface area contributed by atoms with Crippen LogP contribution in [0.1, 0.15) is 35.7 Å². The van der Waals surface area contributed by atoms with Crippen LogP contribution in [0.25, 0.3) is 6.08 Å². The lowest BCUT2D eigenvalue weighted by atomic mass is 9.99. The highest BCUT2D eigenvalue weighted by atomic mass is 16.2. The van der Waals surface area contributed by atoms with Crippen LogP contribution < -0.4 is 5.32 Å². The van der Waals surface area contributed by atoms with E-state index < -0.39 is 0 Å². The highest BCUT2D eigenvalue weighted by Crippen LogP contribution is 2.18. The Morgan fingerprint density at radius 3 is 2.15 bits per heavy atom. The number of piperidine rings is 1. The van der Waals surface area contributed by atoms with Crippen LogP contribution in [0.2, 0.25) is 0 Å². The van der Waals surface area contributed by atoms with Gasteiger partial charge in [0.15, 0.2) is 0 Å². The number of carbonyl (C=O) groups excluding carboxylic acids is 2. The molecule has 0 unspecified atom stereocenters. The SMILES string of the molecule is CC1CCN(C(=O)/C(=C/c2ccccc2)NC(=O)c2ccccc2)CC1. The summed E-state index contributed by atoms with van der Waals surface area (Å²) in [7, 11) is 0. The lowest BCUT2D eigenvalue weighted by Gasteiger charge is -2.31. The number of hydrogen-bond donors (Lipinski definition) is 1. The summed E-state index contributed by atoms with van der Waals surface area (Å²) in [6, 6.07) is 18.5. The fourth-order valence-electron chi connectivity index (χ4n) is 3.03. The largest absolute Gasteiger partial charge is 0.337 e. The Morgan fingerprint density at radius 1 is 0.962 bits per heavy atom. The first-order chi connectivity index (χ1) is 12.6. The van der Waals surface area contributed by atoms with Gasteiger partial charge in [0.25, 0.3) is 11.8 Å². The first-order valence-corrected chi connectivity index (χ1v) is 9.06. The number of carbonyl (C=O) groups is 2. The average molecular weight is 348 g/mol. The van der Waals surface area contributed by atoms with Gasteiger partial charge < -0.3 is 10.2 Å². The number of likely N-dealkylation sites (tertiary alicyclic amines) is 1. The monoisotopic (exact) mass is 348 g/mol. The van der Waals surface area contributed by atoms with Crippen LogP contribution in [-0.2, 0) is 4.79 Å². The fraction of sp³-hybridized carbons (Fsp3) is 0.273. The van der Waals surface area contributed by atoms with Crippen molar-refractivity contribution in [2.45, 2.75) is 19.8 Å². The predicted molar refractivity (Wildman–Crippen MR) is 103 cm³/mol. The average Bonchev–Trinajstić information content (AvgIpc) is 2.69. The minimum atomic E-state index is -0.272. The van der Waals surface area contributed by atoms with Gasteiger partial charge in [-0.05, 0) is 42.5 Å². The molecule has 1 aliphatic heterocycles. The summed E-state index contributed by atoms with van der Waals surface area (Å²) in [6.45, 7) is 3.67. The van der Waals surface area contributed by atoms with E-state index in [2.05, 4.69) is 12.2 Å². The van der Waals surface area contributed by atoms with E-state index in [9.17, 15) is 9.59 Å². The third-order valence-corrected chi connectivity index (χ3v) is 4.70. The van der Waals surface area contributed by atoms with Crippen LogP contribution in [-0.4, -0.2) is 29.8 Å². The molecule has 26 heavy (non-hydrogen) atoms. The lowest BCUT2D eigenvalue weighted by Crippen LogP contribution is -2.42. The van der Waals surface area contributed by atoms with Crippen molar-refractivity contribution in [3.8, 4) is 0 Å². The zero-order chi connectivity index (χ0) is 18.4. The highest BCUT2D eigenvalue weighted by molar-refractivity contribution is 6.05. The Labute approximate surface area is 154 Å². The Bertz CT molecular complexity index is 776. The first kappa shape index (κ1) is 17.9. The Balaban J connectivity index is 1.83. The van der Waals surface area contributed by atoms with Gasteiger partial charge in [-0.2, -0.15) is 0 Å². The summed E-state index contributed by atoms with van der Waals surface area (Å²) < 4.78 is 0. The molecule has 0 aromatic heterocycles. The second-order valence-corrected chi connectivity index (χ2v) is 6.76. The van der Waals surface area contributed by atoms with Crippen LogP contribution in [0, 0.1) is 5.92 Å². The molecule has 0 spiro atoms. The standard InChI is InChI=1S/C22H24N2O2/c1-17-12-14-24(15-13-17)22(26)20(16-18-8-4-2-5-9-18)23-21(25)19-10-6-3-7-11-19/h2-11,16-17H,12-15H2,1H3,(H,23,25)/b20-16-. The Kier molecular flexibility index (Phi) is 5.84. The molecule has 1 N–H and O–H groups in total. The van der Waals surface area contributed by atoms with Gasteiger partial charge in [0, 0.05) is 18.7 Å². The van der Waals surface area contributed by atoms with E-state index in [0.717, 1.165) is 31.5 Å². The van der Waals surface area contributed by atoms with Crippen LogP contribution in [0.4, 0.5) is 0 Å². The molecule has 0 atom stereocenters. The normalized spacial score (nSPS) is 15.6. The molecule has 2 aromatic carbocycles. The molecule has 0 aliphatic carbocycles. The van der Waals surface area contributed by atoms with Gasteiger partial charge in [0.05, 0.1) is 0 Å². The quantitative estimate of drug-likeness (QED) is 0.856. The summed E-state index contributed by atoms with van der Waals surface area (Å²) in [5.41, 5.74) is 1.74. The van der Waals surface area contributed by atoms with Crippen LogP contribution >= 0.6 is 0 Å². The maximum Gasteiger partial charge on any atom is 0.270 e. The van der Waals surface area contributed by atoms with Gasteiger partial charge in [-0.25, -0.2) is 0 Å². The molecule has 3 rings (SSSR count). The van der Waals surface area contributed by atoms with E-state index in [0.29, 0.717) is 17.2 Å². The number of nitrogens with zero attached hydrogens (tertiary/aromatic N) is 1. The number of nitrogens with one attached hydrogen (secondary N) is 1. The van der Waals surface area contributed by atoms with Crippen molar-refractivity contribution in [3.05, 3.63) is 77.5 Å². The summed E-state index contributed by atoms with van der Waals surface area (Å²) in [4.78, 5) is 27.4. The van der Waals surface area contributed by atoms with Crippen molar-refractivity contribution < 1.29 is 9.59 Å². The highest BCUT2D eigenvalue weighted by Gasteiger charge is 2.24. The summed E-state index contributed by atoms with van der Waals surface area (Å²) in [6.07, 6.45) is 3.75. The number of hydrogen-bond acceptors (Lipinski definition) is 2. The van der Waals surface area contributed by atoms with E-state index >= 15 is 0 Å². The molecule has 4 heteroatoms.